The van der Waals surface area contributed by atoms with E-state index in [1.807, 2.05) is 26.0 Å². The molecule has 3 aliphatic rings. The molecule has 4 aromatic carbocycles. The van der Waals surface area contributed by atoms with Gasteiger partial charge in [-0.15, -0.1) is 0 Å². The summed E-state index contributed by atoms with van der Waals surface area (Å²) in [6.45, 7) is 10.5. The number of alkyl halides is 7. The molecule has 0 radical (unpaired) electrons. The van der Waals surface area contributed by atoms with Crippen LogP contribution in [0.3, 0.4) is 0 Å². The molecule has 0 spiro atoms. The number of hydrogen-bond acceptors (Lipinski definition) is 8. The number of oxime groups is 2. The van der Waals surface area contributed by atoms with Crippen molar-refractivity contribution in [2.75, 3.05) is 24.1 Å². The topological polar surface area (TPSA) is 138 Å². The lowest BCUT2D eigenvalue weighted by Crippen LogP contribution is -2.55. The van der Waals surface area contributed by atoms with Crippen molar-refractivity contribution < 1.29 is 60.3 Å². The molecule has 20 heteroatoms. The summed E-state index contributed by atoms with van der Waals surface area (Å²) in [7, 11) is 0. The van der Waals surface area contributed by atoms with Gasteiger partial charge in [-0.3, -0.25) is 19.3 Å². The van der Waals surface area contributed by atoms with Gasteiger partial charge in [-0.2, -0.15) is 26.3 Å². The van der Waals surface area contributed by atoms with Gasteiger partial charge in [0.05, 0.1) is 33.7 Å². The third-order valence-electron chi connectivity index (χ3n) is 11.0. The first kappa shape index (κ1) is 53.7. The molecule has 0 bridgehead atoms. The molecule has 0 saturated carbocycles. The van der Waals surface area contributed by atoms with Gasteiger partial charge in [0.15, 0.2) is 11.2 Å². The number of hydrogen-bond donors (Lipinski definition) is 1. The number of piperazine rings is 1. The molecule has 4 aromatic rings. The maximum absolute atomic E-state index is 14.1. The van der Waals surface area contributed by atoms with Crippen LogP contribution in [0, 0.1) is 13.8 Å². The van der Waals surface area contributed by atoms with Crippen molar-refractivity contribution in [3.63, 3.8) is 0 Å². The Morgan fingerprint density at radius 1 is 0.706 bits per heavy atom. The zero-order valence-electron chi connectivity index (χ0n) is 37.7. The fourth-order valence-electron chi connectivity index (χ4n) is 7.55. The second-order valence-electron chi connectivity index (χ2n) is 16.7. The van der Waals surface area contributed by atoms with Gasteiger partial charge in [-0.1, -0.05) is 94.2 Å². The lowest BCUT2D eigenvalue weighted by Gasteiger charge is -2.33. The van der Waals surface area contributed by atoms with Gasteiger partial charge in [-0.05, 0) is 116 Å². The van der Waals surface area contributed by atoms with Crippen LogP contribution in [-0.2, 0) is 42.8 Å². The Bertz CT molecular complexity index is 2600. The van der Waals surface area contributed by atoms with E-state index >= 15 is 0 Å². The van der Waals surface area contributed by atoms with Crippen LogP contribution in [0.15, 0.2) is 83.1 Å². The van der Waals surface area contributed by atoms with Gasteiger partial charge in [-0.25, -0.2) is 4.79 Å². The molecule has 11 nitrogen and oxygen atoms in total. The third-order valence-corrected chi connectivity index (χ3v) is 12.5. The van der Waals surface area contributed by atoms with Crippen LogP contribution in [0.25, 0.3) is 0 Å². The molecule has 3 amide bonds. The van der Waals surface area contributed by atoms with Crippen molar-refractivity contribution in [2.24, 2.45) is 10.3 Å². The Hall–Kier alpha value is -5.21. The monoisotopic (exact) mass is 1100 g/mol. The van der Waals surface area contributed by atoms with E-state index in [2.05, 4.69) is 39.8 Å². The molecule has 7 rings (SSSR count). The largest absolute Gasteiger partial charge is 0.478 e. The van der Waals surface area contributed by atoms with Crippen LogP contribution in [0.1, 0.15) is 119 Å². The number of carbonyl (C=O) groups excluding carboxylic acids is 3. The lowest BCUT2D eigenvalue weighted by atomic mass is 9.87. The first-order valence-electron chi connectivity index (χ1n) is 21.1. The molecule has 3 heterocycles. The van der Waals surface area contributed by atoms with E-state index < -0.39 is 82.6 Å². The SMILES string of the molecule is CCCI.CCCN1C(=O)CN(C(=O)c2ccc(C3=NOC(C)(c4cc(C)cc(Cl)c4)C3)cc2C(F)(F)F)CC1=O.Cc1cc(Cl)cc(C2(C)CC(c3ccc(C(=O)O)c(C(F)(F)F)c3)=NO2)c1. The number of aromatic carboxylic acids is 1. The number of carbonyl (C=O) groups is 4. The van der Waals surface area contributed by atoms with Crippen LogP contribution in [-0.4, -0.2) is 74.1 Å². The van der Waals surface area contributed by atoms with Gasteiger partial charge in [0, 0.05) is 40.6 Å². The van der Waals surface area contributed by atoms with Gasteiger partial charge in [0.2, 0.25) is 11.8 Å². The zero-order chi connectivity index (χ0) is 50.5. The maximum Gasteiger partial charge on any atom is 0.417 e. The minimum atomic E-state index is -4.87. The third kappa shape index (κ3) is 12.7. The van der Waals surface area contributed by atoms with Crippen molar-refractivity contribution in [2.45, 2.75) is 90.8 Å². The minimum Gasteiger partial charge on any atom is -0.478 e. The maximum atomic E-state index is 14.1. The average Bonchev–Trinajstić information content (AvgIpc) is 3.87. The van der Waals surface area contributed by atoms with Gasteiger partial charge in [0.1, 0.15) is 13.1 Å². The van der Waals surface area contributed by atoms with Gasteiger partial charge in [0.25, 0.3) is 5.91 Å². The number of amides is 3. The number of halogens is 9. The predicted molar refractivity (Wildman–Crippen MR) is 253 cm³/mol. The molecule has 1 saturated heterocycles. The summed E-state index contributed by atoms with van der Waals surface area (Å²) in [6.07, 6.45) is -7.42. The second kappa shape index (κ2) is 21.6. The normalized spacial score (nSPS) is 19.2. The smallest absolute Gasteiger partial charge is 0.417 e. The van der Waals surface area contributed by atoms with Gasteiger partial charge >= 0.3 is 18.3 Å². The zero-order valence-corrected chi connectivity index (χ0v) is 41.3. The van der Waals surface area contributed by atoms with Crippen LogP contribution < -0.4 is 0 Å². The number of carboxylic acid groups (broad SMARTS) is 1. The minimum absolute atomic E-state index is 0.145. The number of rotatable bonds is 9. The highest BCUT2D eigenvalue weighted by Crippen LogP contribution is 2.41. The Balaban J connectivity index is 0.000000245. The highest BCUT2D eigenvalue weighted by Gasteiger charge is 2.43. The highest BCUT2D eigenvalue weighted by molar-refractivity contribution is 14.1. The number of nitrogens with zero attached hydrogens (tertiary/aromatic N) is 4. The molecule has 2 unspecified atom stereocenters. The fraction of sp³-hybridized carbons (Fsp3) is 0.375. The van der Waals surface area contributed by atoms with E-state index in [1.165, 1.54) is 23.0 Å². The summed E-state index contributed by atoms with van der Waals surface area (Å²) in [4.78, 5) is 61.8. The molecule has 1 N–H and O–H groups in total. The number of benzene rings is 4. The molecule has 1 fully saturated rings. The summed E-state index contributed by atoms with van der Waals surface area (Å²) < 4.78 is 83.2. The Morgan fingerprint density at radius 2 is 1.12 bits per heavy atom. The average molecular weight is 1100 g/mol. The highest BCUT2D eigenvalue weighted by atomic mass is 127. The number of imide groups is 1. The molecule has 68 heavy (non-hydrogen) atoms. The standard InChI is InChI=1S/C26H25ClF3N3O4.C19H15ClF3NO3.C3H7I/c1-4-7-33-22(34)13-32(14-23(33)35)24(36)19-6-5-16(10-20(19)26(28,29)30)21-12-25(3,37-31-21)17-8-15(2)9-18(27)11-17;1-10-5-12(8-13(20)6-10)18(2)9-16(24-27-18)11-3-4-14(17(25)26)15(7-11)19(21,22)23;1-2-3-4/h5-6,8-11H,4,7,12-14H2,1-3H3;3-8H,9H2,1-2H3,(H,25,26);2-3H2,1H3. The molecular formula is C48H47Cl2F6IN4O7. The molecule has 364 valence electrons. The molecule has 0 aliphatic carbocycles. The molecule has 0 aromatic heterocycles. The summed E-state index contributed by atoms with van der Waals surface area (Å²) in [5, 5.41) is 18.0. The van der Waals surface area contributed by atoms with E-state index in [1.54, 1.807) is 45.0 Å². The first-order chi connectivity index (χ1) is 31.7. The Kier molecular flexibility index (Phi) is 17.1. The van der Waals surface area contributed by atoms with Crippen LogP contribution in [0.4, 0.5) is 26.3 Å². The first-order valence-corrected chi connectivity index (χ1v) is 23.4. The Labute approximate surface area is 412 Å². The predicted octanol–water partition coefficient (Wildman–Crippen LogP) is 12.2. The summed E-state index contributed by atoms with van der Waals surface area (Å²) in [6, 6.07) is 17.0. The van der Waals surface area contributed by atoms with Crippen molar-refractivity contribution in [3.05, 3.63) is 138 Å². The van der Waals surface area contributed by atoms with E-state index in [0.29, 0.717) is 22.2 Å². The second-order valence-corrected chi connectivity index (χ2v) is 18.7. The van der Waals surface area contributed by atoms with E-state index in [4.69, 9.17) is 38.0 Å². The van der Waals surface area contributed by atoms with Crippen molar-refractivity contribution >= 4 is 80.9 Å². The molecule has 3 aliphatic heterocycles. The van der Waals surface area contributed by atoms with E-state index in [0.717, 1.165) is 56.3 Å². The molecular weight excluding hydrogens is 1060 g/mol. The van der Waals surface area contributed by atoms with Crippen molar-refractivity contribution in [1.82, 2.24) is 9.80 Å². The lowest BCUT2D eigenvalue weighted by molar-refractivity contribution is -0.150. The van der Waals surface area contributed by atoms with Gasteiger partial charge < -0.3 is 19.7 Å². The number of carboxylic acids is 1. The summed E-state index contributed by atoms with van der Waals surface area (Å²) >= 11 is 14.6. The van der Waals surface area contributed by atoms with Crippen molar-refractivity contribution in [3.8, 4) is 0 Å². The van der Waals surface area contributed by atoms with E-state index in [9.17, 15) is 45.5 Å². The fourth-order valence-corrected chi connectivity index (χ4v) is 8.13. The van der Waals surface area contributed by atoms with Crippen LogP contribution in [0.2, 0.25) is 10.0 Å². The van der Waals surface area contributed by atoms with Crippen LogP contribution >= 0.6 is 45.8 Å². The van der Waals surface area contributed by atoms with Crippen LogP contribution in [0.5, 0.6) is 0 Å². The summed E-state index contributed by atoms with van der Waals surface area (Å²) in [5.41, 5.74) is -1.47. The number of aryl methyl sites for hydroxylation is 2. The van der Waals surface area contributed by atoms with E-state index in [-0.39, 0.29) is 36.2 Å². The molecule has 2 atom stereocenters. The summed E-state index contributed by atoms with van der Waals surface area (Å²) in [5.74, 6) is -3.92. The Morgan fingerprint density at radius 3 is 1.49 bits per heavy atom. The quantitative estimate of drug-likeness (QED) is 0.0762. The van der Waals surface area contributed by atoms with Crippen molar-refractivity contribution in [1.29, 1.82) is 0 Å².